The van der Waals surface area contributed by atoms with E-state index in [1.54, 1.807) is 13.8 Å². The van der Waals surface area contributed by atoms with Crippen LogP contribution < -0.4 is 5.73 Å². The Morgan fingerprint density at radius 3 is 1.68 bits per heavy atom. The fourth-order valence-electron chi connectivity index (χ4n) is 1.34. The minimum atomic E-state index is -0.931. The van der Waals surface area contributed by atoms with Gasteiger partial charge in [0.05, 0.1) is 0 Å². The van der Waals surface area contributed by atoms with Gasteiger partial charge in [-0.1, -0.05) is 27.7 Å². The van der Waals surface area contributed by atoms with Crippen LogP contribution in [0.2, 0.25) is 0 Å². The van der Waals surface area contributed by atoms with Crippen molar-refractivity contribution in [1.82, 2.24) is 4.90 Å². The van der Waals surface area contributed by atoms with E-state index in [9.17, 15) is 9.59 Å². The molecule has 1 amide bonds. The molecule has 5 heteroatoms. The summed E-state index contributed by atoms with van der Waals surface area (Å²) in [4.78, 5) is 23.2. The molecular weight excluding hydrogens is 244 g/mol. The fraction of sp³-hybridized carbons (Fsp3) is 0.857. The van der Waals surface area contributed by atoms with E-state index in [0.717, 1.165) is 13.1 Å². The standard InChI is InChI=1S/C9H19NO.C5H11NO2/c1-5-10(6-2)9(11)7-8(3)4;1-3(2)4(6)5(7)8/h8H,5-7H2,1-4H3;3-4H,6H2,1-2H3,(H,7,8). The molecule has 0 spiro atoms. The first-order chi connectivity index (χ1) is 8.67. The lowest BCUT2D eigenvalue weighted by Gasteiger charge is -2.19. The molecule has 1 unspecified atom stereocenters. The molecular formula is C14H30N2O3. The topological polar surface area (TPSA) is 83.6 Å². The Bertz CT molecular complexity index is 261. The van der Waals surface area contributed by atoms with Crippen molar-refractivity contribution in [3.05, 3.63) is 0 Å². The number of carbonyl (C=O) groups excluding carboxylic acids is 1. The second kappa shape index (κ2) is 10.8. The van der Waals surface area contributed by atoms with Gasteiger partial charge in [-0.2, -0.15) is 0 Å². The molecule has 0 aromatic heterocycles. The lowest BCUT2D eigenvalue weighted by molar-refractivity contribution is -0.139. The quantitative estimate of drug-likeness (QED) is 0.775. The molecule has 5 nitrogen and oxygen atoms in total. The predicted octanol–water partition coefficient (Wildman–Crippen LogP) is 1.96. The van der Waals surface area contributed by atoms with Gasteiger partial charge in [0.15, 0.2) is 0 Å². The predicted molar refractivity (Wildman–Crippen MR) is 77.8 cm³/mol. The van der Waals surface area contributed by atoms with Gasteiger partial charge in [-0.15, -0.1) is 0 Å². The van der Waals surface area contributed by atoms with E-state index in [-0.39, 0.29) is 11.8 Å². The Kier molecular flexibility index (Phi) is 11.5. The molecule has 0 aromatic carbocycles. The monoisotopic (exact) mass is 274 g/mol. The molecule has 1 atom stereocenters. The minimum absolute atomic E-state index is 0.0208. The molecule has 0 aromatic rings. The number of nitrogens with two attached hydrogens (primary N) is 1. The first-order valence-electron chi connectivity index (χ1n) is 6.93. The van der Waals surface area contributed by atoms with Crippen LogP contribution in [0.1, 0.15) is 48.0 Å². The lowest BCUT2D eigenvalue weighted by Crippen LogP contribution is -2.34. The van der Waals surface area contributed by atoms with Crippen LogP contribution in [0.3, 0.4) is 0 Å². The van der Waals surface area contributed by atoms with Crippen LogP contribution in [-0.4, -0.2) is 41.0 Å². The zero-order valence-electron chi connectivity index (χ0n) is 13.1. The SMILES string of the molecule is CC(C)C(N)C(=O)O.CCN(CC)C(=O)CC(C)C. The van der Waals surface area contributed by atoms with Crippen molar-refractivity contribution in [2.75, 3.05) is 13.1 Å². The van der Waals surface area contributed by atoms with E-state index in [1.165, 1.54) is 0 Å². The zero-order valence-corrected chi connectivity index (χ0v) is 13.1. The van der Waals surface area contributed by atoms with E-state index in [1.807, 2.05) is 18.7 Å². The minimum Gasteiger partial charge on any atom is -0.480 e. The molecule has 0 saturated carbocycles. The Hall–Kier alpha value is -1.10. The highest BCUT2D eigenvalue weighted by Gasteiger charge is 2.14. The molecule has 0 aliphatic rings. The molecule has 3 N–H and O–H groups in total. The highest BCUT2D eigenvalue weighted by atomic mass is 16.4. The summed E-state index contributed by atoms with van der Waals surface area (Å²) in [5, 5.41) is 8.23. The Morgan fingerprint density at radius 1 is 1.11 bits per heavy atom. The van der Waals surface area contributed by atoms with Gasteiger partial charge >= 0.3 is 5.97 Å². The van der Waals surface area contributed by atoms with E-state index in [0.29, 0.717) is 12.3 Å². The molecule has 19 heavy (non-hydrogen) atoms. The number of amides is 1. The smallest absolute Gasteiger partial charge is 0.320 e. The van der Waals surface area contributed by atoms with Gasteiger partial charge in [0, 0.05) is 19.5 Å². The van der Waals surface area contributed by atoms with Gasteiger partial charge in [-0.25, -0.2) is 0 Å². The summed E-state index contributed by atoms with van der Waals surface area (Å²) in [5.74, 6) is -0.152. The number of hydrogen-bond acceptors (Lipinski definition) is 3. The highest BCUT2D eigenvalue weighted by molar-refractivity contribution is 5.76. The van der Waals surface area contributed by atoms with Crippen LogP contribution in [0.5, 0.6) is 0 Å². The molecule has 0 aliphatic heterocycles. The first-order valence-corrected chi connectivity index (χ1v) is 6.93. The summed E-state index contributed by atoms with van der Waals surface area (Å²) in [7, 11) is 0. The summed E-state index contributed by atoms with van der Waals surface area (Å²) in [5.41, 5.74) is 5.16. The van der Waals surface area contributed by atoms with Gasteiger partial charge in [0.2, 0.25) is 5.91 Å². The molecule has 0 radical (unpaired) electrons. The average molecular weight is 274 g/mol. The van der Waals surface area contributed by atoms with Crippen molar-refractivity contribution in [3.63, 3.8) is 0 Å². The molecule has 0 saturated heterocycles. The molecule has 0 heterocycles. The van der Waals surface area contributed by atoms with Gasteiger partial charge < -0.3 is 15.7 Å². The number of rotatable bonds is 6. The number of carboxylic acids is 1. The van der Waals surface area contributed by atoms with Crippen LogP contribution in [0, 0.1) is 11.8 Å². The van der Waals surface area contributed by atoms with Crippen molar-refractivity contribution in [1.29, 1.82) is 0 Å². The second-order valence-electron chi connectivity index (χ2n) is 5.27. The molecule has 114 valence electrons. The third-order valence-corrected chi connectivity index (χ3v) is 2.70. The van der Waals surface area contributed by atoms with Gasteiger partial charge in [-0.05, 0) is 25.7 Å². The average Bonchev–Trinajstić information content (AvgIpc) is 2.29. The van der Waals surface area contributed by atoms with Crippen LogP contribution >= 0.6 is 0 Å². The third-order valence-electron chi connectivity index (χ3n) is 2.70. The normalized spacial score (nSPS) is 11.8. The van der Waals surface area contributed by atoms with Crippen molar-refractivity contribution >= 4 is 11.9 Å². The maximum absolute atomic E-state index is 11.3. The van der Waals surface area contributed by atoms with Crippen LogP contribution in [0.15, 0.2) is 0 Å². The van der Waals surface area contributed by atoms with Crippen LogP contribution in [0.4, 0.5) is 0 Å². The van der Waals surface area contributed by atoms with Crippen LogP contribution in [0.25, 0.3) is 0 Å². The molecule has 0 bridgehead atoms. The van der Waals surface area contributed by atoms with Crippen molar-refractivity contribution in [3.8, 4) is 0 Å². The Morgan fingerprint density at radius 2 is 1.53 bits per heavy atom. The van der Waals surface area contributed by atoms with Crippen molar-refractivity contribution in [2.24, 2.45) is 17.6 Å². The number of carbonyl (C=O) groups is 2. The lowest BCUT2D eigenvalue weighted by atomic mass is 10.1. The number of nitrogens with zero attached hydrogens (tertiary/aromatic N) is 1. The van der Waals surface area contributed by atoms with Gasteiger partial charge in [-0.3, -0.25) is 9.59 Å². The van der Waals surface area contributed by atoms with Crippen LogP contribution in [-0.2, 0) is 9.59 Å². The highest BCUT2D eigenvalue weighted by Crippen LogP contribution is 2.03. The number of hydrogen-bond donors (Lipinski definition) is 2. The number of carboxylic acid groups (broad SMARTS) is 1. The van der Waals surface area contributed by atoms with Gasteiger partial charge in [0.25, 0.3) is 0 Å². The fourth-order valence-corrected chi connectivity index (χ4v) is 1.34. The third kappa shape index (κ3) is 10.5. The van der Waals surface area contributed by atoms with E-state index in [2.05, 4.69) is 13.8 Å². The number of aliphatic carboxylic acids is 1. The van der Waals surface area contributed by atoms with E-state index >= 15 is 0 Å². The first kappa shape index (κ1) is 20.2. The summed E-state index contributed by atoms with van der Waals surface area (Å²) < 4.78 is 0. The molecule has 0 aliphatic carbocycles. The van der Waals surface area contributed by atoms with Crippen molar-refractivity contribution in [2.45, 2.75) is 54.0 Å². The summed E-state index contributed by atoms with van der Waals surface area (Å²) in [6.07, 6.45) is 0.682. The van der Waals surface area contributed by atoms with E-state index < -0.39 is 12.0 Å². The summed E-state index contributed by atoms with van der Waals surface area (Å²) >= 11 is 0. The maximum atomic E-state index is 11.3. The van der Waals surface area contributed by atoms with Crippen molar-refractivity contribution < 1.29 is 14.7 Å². The summed E-state index contributed by atoms with van der Waals surface area (Å²) in [6, 6.07) is -0.713. The van der Waals surface area contributed by atoms with E-state index in [4.69, 9.17) is 10.8 Å². The van der Waals surface area contributed by atoms with Gasteiger partial charge in [0.1, 0.15) is 6.04 Å². The largest absolute Gasteiger partial charge is 0.480 e. The Labute approximate surface area is 117 Å². The Balaban J connectivity index is 0. The molecule has 0 fully saturated rings. The summed E-state index contributed by atoms with van der Waals surface area (Å²) in [6.45, 7) is 13.4. The maximum Gasteiger partial charge on any atom is 0.320 e. The second-order valence-corrected chi connectivity index (χ2v) is 5.27. The molecule has 0 rings (SSSR count). The zero-order chi connectivity index (χ0) is 15.6.